The van der Waals surface area contributed by atoms with Crippen LogP contribution in [-0.2, 0) is 0 Å². The summed E-state index contributed by atoms with van der Waals surface area (Å²) in [5.41, 5.74) is 5.36. The molecule has 0 saturated heterocycles. The van der Waals surface area contributed by atoms with Crippen LogP contribution in [0.5, 0.6) is 0 Å². The predicted octanol–water partition coefficient (Wildman–Crippen LogP) is 2.18. The van der Waals surface area contributed by atoms with Gasteiger partial charge in [-0.25, -0.2) is 4.98 Å². The predicted molar refractivity (Wildman–Crippen MR) is 53.6 cm³/mol. The standard InChI is InChI=1S/C8H11ClN2S/c9-7-2-3-8(11-6-7)12-5-1-4-10/h2-3,6H,1,4-5,10H2. The SMILES string of the molecule is NCCCSc1ccc(Cl)cn1. The first-order chi connectivity index (χ1) is 5.83. The van der Waals surface area contributed by atoms with E-state index in [1.54, 1.807) is 18.0 Å². The van der Waals surface area contributed by atoms with E-state index in [4.69, 9.17) is 17.3 Å². The second-order valence-electron chi connectivity index (χ2n) is 2.31. The van der Waals surface area contributed by atoms with Crippen LogP contribution in [0, 0.1) is 0 Å². The zero-order valence-corrected chi connectivity index (χ0v) is 8.24. The molecule has 0 aliphatic carbocycles. The molecule has 0 aromatic carbocycles. The molecule has 1 heterocycles. The van der Waals surface area contributed by atoms with Crippen molar-refractivity contribution >= 4 is 23.4 Å². The fourth-order valence-corrected chi connectivity index (χ4v) is 1.63. The van der Waals surface area contributed by atoms with Gasteiger partial charge in [-0.2, -0.15) is 0 Å². The Morgan fingerprint density at radius 3 is 2.92 bits per heavy atom. The molecule has 0 aliphatic rings. The van der Waals surface area contributed by atoms with Crippen molar-refractivity contribution in [3.63, 3.8) is 0 Å². The monoisotopic (exact) mass is 202 g/mol. The lowest BCUT2D eigenvalue weighted by atomic mass is 10.5. The van der Waals surface area contributed by atoms with Crippen molar-refractivity contribution in [2.75, 3.05) is 12.3 Å². The van der Waals surface area contributed by atoms with E-state index in [1.165, 1.54) is 0 Å². The number of aromatic nitrogens is 1. The van der Waals surface area contributed by atoms with Gasteiger partial charge in [-0.15, -0.1) is 11.8 Å². The van der Waals surface area contributed by atoms with E-state index < -0.39 is 0 Å². The molecule has 2 N–H and O–H groups in total. The number of nitrogens with zero attached hydrogens (tertiary/aromatic N) is 1. The Labute approximate surface area is 81.5 Å². The van der Waals surface area contributed by atoms with Crippen molar-refractivity contribution < 1.29 is 0 Å². The summed E-state index contributed by atoms with van der Waals surface area (Å²) in [7, 11) is 0. The number of rotatable bonds is 4. The van der Waals surface area contributed by atoms with Gasteiger partial charge in [-0.05, 0) is 25.1 Å². The maximum absolute atomic E-state index is 5.68. The fraction of sp³-hybridized carbons (Fsp3) is 0.375. The van der Waals surface area contributed by atoms with Crippen molar-refractivity contribution in [1.29, 1.82) is 0 Å². The van der Waals surface area contributed by atoms with Gasteiger partial charge < -0.3 is 5.73 Å². The van der Waals surface area contributed by atoms with Crippen LogP contribution in [0.3, 0.4) is 0 Å². The number of hydrogen-bond donors (Lipinski definition) is 1. The van der Waals surface area contributed by atoms with Gasteiger partial charge in [0, 0.05) is 11.9 Å². The van der Waals surface area contributed by atoms with Crippen molar-refractivity contribution in [2.24, 2.45) is 5.73 Å². The number of pyridine rings is 1. The van der Waals surface area contributed by atoms with Crippen LogP contribution in [0.25, 0.3) is 0 Å². The van der Waals surface area contributed by atoms with Crippen molar-refractivity contribution in [3.8, 4) is 0 Å². The van der Waals surface area contributed by atoms with E-state index in [-0.39, 0.29) is 0 Å². The molecule has 0 saturated carbocycles. The number of hydrogen-bond acceptors (Lipinski definition) is 3. The van der Waals surface area contributed by atoms with Crippen molar-refractivity contribution in [1.82, 2.24) is 4.98 Å². The second kappa shape index (κ2) is 5.41. The maximum atomic E-state index is 5.68. The first-order valence-electron chi connectivity index (χ1n) is 3.77. The van der Waals surface area contributed by atoms with Crippen molar-refractivity contribution in [3.05, 3.63) is 23.4 Å². The Bertz CT molecular complexity index is 225. The first kappa shape index (κ1) is 9.84. The van der Waals surface area contributed by atoms with Gasteiger partial charge in [0.25, 0.3) is 0 Å². The number of halogens is 1. The van der Waals surface area contributed by atoms with Gasteiger partial charge >= 0.3 is 0 Å². The van der Waals surface area contributed by atoms with E-state index in [0.717, 1.165) is 23.7 Å². The van der Waals surface area contributed by atoms with E-state index in [0.29, 0.717) is 5.02 Å². The molecule has 2 nitrogen and oxygen atoms in total. The van der Waals surface area contributed by atoms with Gasteiger partial charge in [0.2, 0.25) is 0 Å². The third-order valence-electron chi connectivity index (χ3n) is 1.30. The average Bonchev–Trinajstić information content (AvgIpc) is 2.09. The highest BCUT2D eigenvalue weighted by Gasteiger charge is 1.94. The lowest BCUT2D eigenvalue weighted by molar-refractivity contribution is 0.940. The molecule has 1 rings (SSSR count). The Morgan fingerprint density at radius 2 is 2.33 bits per heavy atom. The molecule has 66 valence electrons. The highest BCUT2D eigenvalue weighted by Crippen LogP contribution is 2.17. The largest absolute Gasteiger partial charge is 0.330 e. The zero-order chi connectivity index (χ0) is 8.81. The summed E-state index contributed by atoms with van der Waals surface area (Å²) in [6.45, 7) is 0.737. The van der Waals surface area contributed by atoms with Crippen molar-refractivity contribution in [2.45, 2.75) is 11.4 Å². The van der Waals surface area contributed by atoms with Crippen LogP contribution in [-0.4, -0.2) is 17.3 Å². The maximum Gasteiger partial charge on any atom is 0.0960 e. The Hall–Kier alpha value is -0.250. The fourth-order valence-electron chi connectivity index (χ4n) is 0.708. The molecule has 4 heteroatoms. The van der Waals surface area contributed by atoms with Gasteiger partial charge in [0.1, 0.15) is 0 Å². The molecule has 0 amide bonds. The van der Waals surface area contributed by atoms with Gasteiger partial charge in [0.15, 0.2) is 0 Å². The molecule has 0 unspecified atom stereocenters. The summed E-state index contributed by atoms with van der Waals surface area (Å²) < 4.78 is 0. The quantitative estimate of drug-likeness (QED) is 0.601. The Kier molecular flexibility index (Phi) is 4.43. The molecule has 12 heavy (non-hydrogen) atoms. The summed E-state index contributed by atoms with van der Waals surface area (Å²) in [4.78, 5) is 4.14. The smallest absolute Gasteiger partial charge is 0.0960 e. The van der Waals surface area contributed by atoms with E-state index in [9.17, 15) is 0 Å². The number of thioether (sulfide) groups is 1. The number of nitrogens with two attached hydrogens (primary N) is 1. The molecular formula is C8H11ClN2S. The van der Waals surface area contributed by atoms with E-state index >= 15 is 0 Å². The lowest BCUT2D eigenvalue weighted by Gasteiger charge is -1.98. The average molecular weight is 203 g/mol. The van der Waals surface area contributed by atoms with Crippen LogP contribution >= 0.6 is 23.4 Å². The highest BCUT2D eigenvalue weighted by atomic mass is 35.5. The summed E-state index contributed by atoms with van der Waals surface area (Å²) in [5, 5.41) is 1.69. The summed E-state index contributed by atoms with van der Waals surface area (Å²) in [6.07, 6.45) is 2.68. The minimum atomic E-state index is 0.679. The van der Waals surface area contributed by atoms with E-state index in [1.807, 2.05) is 12.1 Å². The lowest BCUT2D eigenvalue weighted by Crippen LogP contribution is -1.99. The Morgan fingerprint density at radius 1 is 1.50 bits per heavy atom. The molecule has 0 radical (unpaired) electrons. The summed E-state index contributed by atoms with van der Waals surface area (Å²) in [6, 6.07) is 3.77. The van der Waals surface area contributed by atoms with Crippen LogP contribution in [0.4, 0.5) is 0 Å². The summed E-state index contributed by atoms with van der Waals surface area (Å²) >= 11 is 7.39. The molecular weight excluding hydrogens is 192 g/mol. The summed E-state index contributed by atoms with van der Waals surface area (Å²) in [5.74, 6) is 1.02. The van der Waals surface area contributed by atoms with Crippen LogP contribution in [0.1, 0.15) is 6.42 Å². The molecule has 0 atom stereocenters. The highest BCUT2D eigenvalue weighted by molar-refractivity contribution is 7.99. The zero-order valence-electron chi connectivity index (χ0n) is 6.66. The minimum Gasteiger partial charge on any atom is -0.330 e. The van der Waals surface area contributed by atoms with E-state index in [2.05, 4.69) is 4.98 Å². The third-order valence-corrected chi connectivity index (χ3v) is 2.55. The van der Waals surface area contributed by atoms with Gasteiger partial charge in [-0.1, -0.05) is 11.6 Å². The van der Waals surface area contributed by atoms with Gasteiger partial charge in [0.05, 0.1) is 10.0 Å². The minimum absolute atomic E-state index is 0.679. The van der Waals surface area contributed by atoms with Crippen LogP contribution in [0.2, 0.25) is 5.02 Å². The van der Waals surface area contributed by atoms with Gasteiger partial charge in [-0.3, -0.25) is 0 Å². The molecule has 1 aromatic heterocycles. The van der Waals surface area contributed by atoms with Crippen LogP contribution in [0.15, 0.2) is 23.4 Å². The molecule has 1 aromatic rings. The third kappa shape index (κ3) is 3.43. The Balaban J connectivity index is 2.37. The second-order valence-corrected chi connectivity index (χ2v) is 3.86. The molecule has 0 bridgehead atoms. The molecule has 0 aliphatic heterocycles. The molecule has 0 spiro atoms. The normalized spacial score (nSPS) is 10.2. The topological polar surface area (TPSA) is 38.9 Å². The molecule has 0 fully saturated rings. The first-order valence-corrected chi connectivity index (χ1v) is 5.13. The van der Waals surface area contributed by atoms with Crippen LogP contribution < -0.4 is 5.73 Å².